The predicted octanol–water partition coefficient (Wildman–Crippen LogP) is 4.32. The number of urea groups is 2. The van der Waals surface area contributed by atoms with Gasteiger partial charge in [-0.25, -0.2) is 9.59 Å². The highest BCUT2D eigenvalue weighted by Gasteiger charge is 2.38. The Bertz CT molecular complexity index is 1680. The lowest BCUT2D eigenvalue weighted by Gasteiger charge is -2.28. The summed E-state index contributed by atoms with van der Waals surface area (Å²) in [6, 6.07) is 11.9. The fourth-order valence-corrected chi connectivity index (χ4v) is 6.73. The summed E-state index contributed by atoms with van der Waals surface area (Å²) < 4.78 is 0. The van der Waals surface area contributed by atoms with Crippen molar-refractivity contribution in [3.63, 3.8) is 0 Å². The molecule has 0 unspecified atom stereocenters. The summed E-state index contributed by atoms with van der Waals surface area (Å²) in [5.74, 6) is -2.55. The normalized spacial score (nSPS) is 16.4. The number of barbiturate groups is 2. The van der Waals surface area contributed by atoms with Gasteiger partial charge in [0.2, 0.25) is 0 Å². The second-order valence-corrected chi connectivity index (χ2v) is 11.8. The molecule has 0 bridgehead atoms. The monoisotopic (exact) mass is 588 g/mol. The lowest BCUT2D eigenvalue weighted by Crippen LogP contribution is -2.52. The number of amides is 8. The number of benzene rings is 1. The molecule has 2 aromatic heterocycles. The van der Waals surface area contributed by atoms with Gasteiger partial charge in [-0.3, -0.25) is 38.8 Å². The third kappa shape index (κ3) is 4.81. The molecule has 0 radical (unpaired) electrons. The Balaban J connectivity index is 1.38. The summed E-state index contributed by atoms with van der Waals surface area (Å²) in [6.45, 7) is 2.00. The second-order valence-electron chi connectivity index (χ2n) is 9.58. The van der Waals surface area contributed by atoms with Crippen molar-refractivity contribution in [3.05, 3.63) is 69.6 Å². The molecule has 41 heavy (non-hydrogen) atoms. The zero-order valence-corrected chi connectivity index (χ0v) is 24.4. The van der Waals surface area contributed by atoms with Crippen LogP contribution in [0.3, 0.4) is 0 Å². The number of aryl methyl sites for hydroxylation is 1. The zero-order valence-electron chi connectivity index (χ0n) is 22.8. The molecule has 0 atom stereocenters. The van der Waals surface area contributed by atoms with E-state index >= 15 is 0 Å². The average Bonchev–Trinajstić information content (AvgIpc) is 3.60. The van der Waals surface area contributed by atoms with Gasteiger partial charge in [0, 0.05) is 47.7 Å². The van der Waals surface area contributed by atoms with Gasteiger partial charge < -0.3 is 0 Å². The Kier molecular flexibility index (Phi) is 7.05. The molecule has 4 heterocycles. The number of thiophene rings is 2. The topological polar surface area (TPSA) is 115 Å². The third-order valence-corrected chi connectivity index (χ3v) is 9.35. The Labute approximate surface area is 243 Å². The van der Waals surface area contributed by atoms with Crippen molar-refractivity contribution in [2.75, 3.05) is 28.2 Å². The first-order valence-corrected chi connectivity index (χ1v) is 14.0. The van der Waals surface area contributed by atoms with Crippen molar-refractivity contribution in [3.8, 4) is 20.2 Å². The SMILES string of the molecule is Cc1cc(-c2ccc(C=C3C(=O)N(C)C(=O)N(C)C3=O)cc2)sc1-c1ccc(C=C2C(=O)N(C)C(=O)N(C)C2=O)s1. The molecule has 10 nitrogen and oxygen atoms in total. The Hall–Kier alpha value is -4.68. The van der Waals surface area contributed by atoms with Crippen LogP contribution in [0.25, 0.3) is 32.3 Å². The average molecular weight is 589 g/mol. The molecule has 8 amide bonds. The van der Waals surface area contributed by atoms with Gasteiger partial charge in [-0.15, -0.1) is 22.7 Å². The summed E-state index contributed by atoms with van der Waals surface area (Å²) in [5, 5.41) is 0. The summed E-state index contributed by atoms with van der Waals surface area (Å²) in [6.07, 6.45) is 3.00. The van der Waals surface area contributed by atoms with Gasteiger partial charge in [0.15, 0.2) is 0 Å². The summed E-state index contributed by atoms with van der Waals surface area (Å²) in [7, 11) is 5.36. The van der Waals surface area contributed by atoms with E-state index in [4.69, 9.17) is 0 Å². The third-order valence-electron chi connectivity index (χ3n) is 6.85. The molecule has 1 aromatic carbocycles. The number of rotatable bonds is 4. The summed E-state index contributed by atoms with van der Waals surface area (Å²) in [5.41, 5.74) is 2.51. The quantitative estimate of drug-likeness (QED) is 0.331. The molecule has 2 aliphatic rings. The van der Waals surface area contributed by atoms with E-state index in [1.54, 1.807) is 23.5 Å². The number of nitrogens with zero attached hydrogens (tertiary/aromatic N) is 4. The number of hydrogen-bond donors (Lipinski definition) is 0. The molecule has 0 spiro atoms. The van der Waals surface area contributed by atoms with Crippen molar-refractivity contribution in [1.82, 2.24) is 19.6 Å². The first-order valence-electron chi connectivity index (χ1n) is 12.3. The molecule has 0 saturated carbocycles. The van der Waals surface area contributed by atoms with E-state index in [9.17, 15) is 28.8 Å². The van der Waals surface area contributed by atoms with Gasteiger partial charge in [0.05, 0.1) is 0 Å². The van der Waals surface area contributed by atoms with Crippen molar-refractivity contribution >= 4 is 70.5 Å². The molecule has 3 aromatic rings. The maximum atomic E-state index is 12.5. The maximum Gasteiger partial charge on any atom is 0.333 e. The molecule has 2 aliphatic heterocycles. The van der Waals surface area contributed by atoms with E-state index in [1.807, 2.05) is 31.2 Å². The molecule has 12 heteroatoms. The molecular weight excluding hydrogens is 564 g/mol. The number of carbonyl (C=O) groups is 6. The van der Waals surface area contributed by atoms with Crippen LogP contribution in [0.2, 0.25) is 0 Å². The largest absolute Gasteiger partial charge is 0.333 e. The minimum Gasteiger partial charge on any atom is -0.268 e. The van der Waals surface area contributed by atoms with E-state index in [2.05, 4.69) is 6.07 Å². The molecule has 0 aliphatic carbocycles. The molecule has 2 saturated heterocycles. The molecule has 208 valence electrons. The Morgan fingerprint density at radius 1 is 0.585 bits per heavy atom. The highest BCUT2D eigenvalue weighted by atomic mass is 32.1. The van der Waals surface area contributed by atoms with Gasteiger partial charge in [0.1, 0.15) is 11.1 Å². The van der Waals surface area contributed by atoms with Crippen molar-refractivity contribution in [2.24, 2.45) is 0 Å². The van der Waals surface area contributed by atoms with Crippen molar-refractivity contribution in [1.29, 1.82) is 0 Å². The van der Waals surface area contributed by atoms with Gasteiger partial charge in [0.25, 0.3) is 23.6 Å². The van der Waals surface area contributed by atoms with Gasteiger partial charge in [-0.1, -0.05) is 24.3 Å². The Morgan fingerprint density at radius 2 is 1.07 bits per heavy atom. The van der Waals surface area contributed by atoms with Gasteiger partial charge in [-0.2, -0.15) is 0 Å². The fourth-order valence-electron chi connectivity index (χ4n) is 4.42. The van der Waals surface area contributed by atoms with E-state index in [1.165, 1.54) is 51.7 Å². The van der Waals surface area contributed by atoms with Gasteiger partial charge >= 0.3 is 12.1 Å². The summed E-state index contributed by atoms with van der Waals surface area (Å²) in [4.78, 5) is 81.4. The van der Waals surface area contributed by atoms with Crippen LogP contribution in [-0.4, -0.2) is 83.5 Å². The van der Waals surface area contributed by atoms with Crippen molar-refractivity contribution < 1.29 is 28.8 Å². The van der Waals surface area contributed by atoms with Crippen LogP contribution in [0.1, 0.15) is 16.0 Å². The van der Waals surface area contributed by atoms with E-state index in [0.717, 1.165) is 45.4 Å². The molecule has 5 rings (SSSR count). The first kappa shape index (κ1) is 27.9. The summed E-state index contributed by atoms with van der Waals surface area (Å²) >= 11 is 3.03. The number of carbonyl (C=O) groups excluding carboxylic acids is 6. The highest BCUT2D eigenvalue weighted by Crippen LogP contribution is 2.41. The molecule has 2 fully saturated rings. The van der Waals surface area contributed by atoms with Crippen LogP contribution >= 0.6 is 22.7 Å². The van der Waals surface area contributed by atoms with Crippen LogP contribution in [0.5, 0.6) is 0 Å². The van der Waals surface area contributed by atoms with Crippen LogP contribution < -0.4 is 0 Å². The minimum atomic E-state index is -0.668. The zero-order chi connectivity index (χ0) is 29.7. The second kappa shape index (κ2) is 10.4. The van der Waals surface area contributed by atoms with Crippen LogP contribution in [-0.2, 0) is 19.2 Å². The van der Waals surface area contributed by atoms with Crippen LogP contribution in [0.15, 0.2) is 53.6 Å². The first-order chi connectivity index (χ1) is 19.4. The van der Waals surface area contributed by atoms with Crippen molar-refractivity contribution in [2.45, 2.75) is 6.92 Å². The minimum absolute atomic E-state index is 0.0665. The smallest absolute Gasteiger partial charge is 0.268 e. The van der Waals surface area contributed by atoms with Crippen LogP contribution in [0, 0.1) is 6.92 Å². The van der Waals surface area contributed by atoms with E-state index < -0.39 is 35.7 Å². The molecule has 0 N–H and O–H groups in total. The number of likely N-dealkylation sites (N-methyl/N-ethyl adjacent to an activating group) is 4. The van der Waals surface area contributed by atoms with E-state index in [0.29, 0.717) is 10.4 Å². The Morgan fingerprint density at radius 3 is 1.59 bits per heavy atom. The van der Waals surface area contributed by atoms with E-state index in [-0.39, 0.29) is 11.1 Å². The van der Waals surface area contributed by atoms with Gasteiger partial charge in [-0.05, 0) is 54.0 Å². The standard InChI is InChI=1S/C29H24N4O6S2/c1-15-12-22(17-8-6-16(7-9-17)13-19-24(34)30(2)28(38)31(3)25(19)35)41-23(15)21-11-10-18(40-21)14-20-26(36)32(4)29(39)33(5)27(20)37/h6-14H,1-5H3. The fraction of sp³-hybridized carbons (Fsp3) is 0.172. The lowest BCUT2D eigenvalue weighted by molar-refractivity contribution is -0.135. The highest BCUT2D eigenvalue weighted by molar-refractivity contribution is 7.24. The lowest BCUT2D eigenvalue weighted by atomic mass is 10.0. The predicted molar refractivity (Wildman–Crippen MR) is 156 cm³/mol. The van der Waals surface area contributed by atoms with Crippen LogP contribution in [0.4, 0.5) is 9.59 Å². The number of hydrogen-bond acceptors (Lipinski definition) is 8. The maximum absolute atomic E-state index is 12.5. The number of imide groups is 4. The molecular formula is C29H24N4O6S2.